The van der Waals surface area contributed by atoms with Crippen molar-refractivity contribution < 1.29 is 23.9 Å². The van der Waals surface area contributed by atoms with Gasteiger partial charge in [0, 0.05) is 94.5 Å². The van der Waals surface area contributed by atoms with Crippen LogP contribution in [0.15, 0.2) is 71.8 Å². The zero-order valence-corrected chi connectivity index (χ0v) is 33.4. The smallest absolute Gasteiger partial charge is 0.329 e. The minimum Gasteiger partial charge on any atom is -0.381 e. The number of nitrogens with zero attached hydrogens (tertiary/aromatic N) is 7. The van der Waals surface area contributed by atoms with E-state index in [0.717, 1.165) is 65.2 Å². The average molecular weight is 806 g/mol. The van der Waals surface area contributed by atoms with Crippen molar-refractivity contribution in [3.05, 3.63) is 100 Å². The van der Waals surface area contributed by atoms with Gasteiger partial charge in [-0.25, -0.2) is 9.78 Å². The van der Waals surface area contributed by atoms with Crippen molar-refractivity contribution >= 4 is 45.4 Å². The van der Waals surface area contributed by atoms with Crippen LogP contribution in [0, 0.1) is 11.8 Å². The van der Waals surface area contributed by atoms with Crippen LogP contribution >= 0.6 is 0 Å². The number of benzene rings is 2. The molecule has 3 aliphatic rings. The molecule has 15 heteroatoms. The topological polar surface area (TPSA) is 175 Å². The Labute approximate surface area is 344 Å². The second kappa shape index (κ2) is 16.0. The van der Waals surface area contributed by atoms with Gasteiger partial charge >= 0.3 is 5.69 Å². The number of piperidine rings is 1. The van der Waals surface area contributed by atoms with E-state index in [1.165, 1.54) is 9.13 Å². The van der Waals surface area contributed by atoms with Gasteiger partial charge in [0.05, 0.1) is 40.2 Å². The number of imide groups is 1. The van der Waals surface area contributed by atoms with Crippen molar-refractivity contribution in [3.8, 4) is 34.4 Å². The van der Waals surface area contributed by atoms with E-state index < -0.39 is 11.9 Å². The standard InChI is InChI=1S/C45H43N9O6/c1-27(55)52-19-20-53-38(26-52)40(50-42(53)29-16-21-60-22-17-29)32-10-5-9-30-23-35(48-25-33(30)32)31-12-13-34(47-24-31)43(57)46-18-4-3-7-28-8-6-11-36-41(28)51(2)45(59)54(36)37-14-15-39(56)49-44(37)58/h5-6,8-13,23-25,29,37H,4,14-22,26H2,1-2H3,(H,46,57)(H,49,56,58). The Morgan fingerprint density at radius 1 is 0.983 bits per heavy atom. The van der Waals surface area contributed by atoms with Crippen molar-refractivity contribution in [1.82, 2.24) is 44.2 Å². The van der Waals surface area contributed by atoms with Gasteiger partial charge in [0.15, 0.2) is 0 Å². The van der Waals surface area contributed by atoms with Crippen molar-refractivity contribution in [3.63, 3.8) is 0 Å². The number of ether oxygens (including phenoxy) is 1. The third-order valence-corrected chi connectivity index (χ3v) is 11.8. The molecule has 15 nitrogen and oxygen atoms in total. The number of nitrogens with one attached hydrogen (secondary N) is 2. The third-order valence-electron chi connectivity index (χ3n) is 11.8. The Morgan fingerprint density at radius 2 is 1.82 bits per heavy atom. The van der Waals surface area contributed by atoms with E-state index in [1.54, 1.807) is 44.4 Å². The number of aryl methyl sites for hydroxylation is 1. The zero-order valence-electron chi connectivity index (χ0n) is 33.4. The van der Waals surface area contributed by atoms with E-state index in [-0.39, 0.29) is 48.5 Å². The highest BCUT2D eigenvalue weighted by atomic mass is 16.5. The molecule has 1 unspecified atom stereocenters. The summed E-state index contributed by atoms with van der Waals surface area (Å²) in [5, 5.41) is 7.14. The number of carbonyl (C=O) groups excluding carboxylic acids is 4. The van der Waals surface area contributed by atoms with Crippen LogP contribution in [0.3, 0.4) is 0 Å². The van der Waals surface area contributed by atoms with Crippen molar-refractivity contribution in [2.75, 3.05) is 26.3 Å². The fourth-order valence-electron chi connectivity index (χ4n) is 8.62. The molecule has 0 saturated carbocycles. The molecule has 6 aromatic rings. The van der Waals surface area contributed by atoms with Gasteiger partial charge in [0.1, 0.15) is 17.6 Å². The van der Waals surface area contributed by atoms with Gasteiger partial charge < -0.3 is 19.5 Å². The van der Waals surface area contributed by atoms with E-state index in [0.29, 0.717) is 54.3 Å². The first-order chi connectivity index (χ1) is 29.2. The highest BCUT2D eigenvalue weighted by Crippen LogP contribution is 2.37. The number of rotatable bonds is 7. The summed E-state index contributed by atoms with van der Waals surface area (Å²) in [6.45, 7) is 5.21. The Morgan fingerprint density at radius 3 is 2.60 bits per heavy atom. The van der Waals surface area contributed by atoms with Crippen LogP contribution in [0.4, 0.5) is 0 Å². The molecule has 0 aliphatic carbocycles. The molecule has 2 saturated heterocycles. The second-order valence-corrected chi connectivity index (χ2v) is 15.4. The first-order valence-electron chi connectivity index (χ1n) is 20.2. The number of imidazole rings is 2. The SMILES string of the molecule is CC(=O)N1CCn2c(C3CCOCC3)nc(-c3cccc4cc(-c5ccc(C(=O)NCCC#Cc6cccc7c6n(C)c(=O)n7C6CCC(=O)NC6=O)nc5)ncc34)c2C1. The summed E-state index contributed by atoms with van der Waals surface area (Å²) < 4.78 is 10.9. The maximum absolute atomic E-state index is 13.2. The minimum atomic E-state index is -0.782. The molecule has 3 aliphatic heterocycles. The van der Waals surface area contributed by atoms with Crippen molar-refractivity contribution in [2.45, 2.75) is 64.1 Å². The van der Waals surface area contributed by atoms with Crippen molar-refractivity contribution in [2.24, 2.45) is 7.05 Å². The summed E-state index contributed by atoms with van der Waals surface area (Å²) in [6, 6.07) is 16.2. The van der Waals surface area contributed by atoms with Gasteiger partial charge in [-0.3, -0.25) is 43.6 Å². The van der Waals surface area contributed by atoms with Gasteiger partial charge in [-0.15, -0.1) is 0 Å². The van der Waals surface area contributed by atoms with Gasteiger partial charge in [0.2, 0.25) is 17.7 Å². The predicted octanol–water partition coefficient (Wildman–Crippen LogP) is 4.22. The fourth-order valence-corrected chi connectivity index (χ4v) is 8.62. The zero-order chi connectivity index (χ0) is 41.5. The normalized spacial score (nSPS) is 17.0. The number of fused-ring (bicyclic) bond motifs is 3. The van der Waals surface area contributed by atoms with Crippen LogP contribution in [0.5, 0.6) is 0 Å². The van der Waals surface area contributed by atoms with E-state index in [2.05, 4.69) is 38.1 Å². The Balaban J connectivity index is 0.881. The Bertz CT molecular complexity index is 2840. The van der Waals surface area contributed by atoms with E-state index in [1.807, 2.05) is 35.4 Å². The Hall–Kier alpha value is -6.92. The molecule has 60 heavy (non-hydrogen) atoms. The molecule has 2 N–H and O–H groups in total. The van der Waals surface area contributed by atoms with Crippen LogP contribution in [0.2, 0.25) is 0 Å². The minimum absolute atomic E-state index is 0.0517. The molecule has 9 rings (SSSR count). The van der Waals surface area contributed by atoms with E-state index >= 15 is 0 Å². The number of pyridine rings is 2. The van der Waals surface area contributed by atoms with E-state index in [9.17, 15) is 24.0 Å². The maximum Gasteiger partial charge on any atom is 0.329 e. The quantitative estimate of drug-likeness (QED) is 0.136. The number of hydrogen-bond acceptors (Lipinski definition) is 9. The second-order valence-electron chi connectivity index (χ2n) is 15.4. The van der Waals surface area contributed by atoms with Crippen molar-refractivity contribution in [1.29, 1.82) is 0 Å². The van der Waals surface area contributed by atoms with Gasteiger partial charge in [-0.1, -0.05) is 36.1 Å². The molecule has 7 heterocycles. The molecule has 0 bridgehead atoms. The molecule has 0 spiro atoms. The molecule has 4 amide bonds. The summed E-state index contributed by atoms with van der Waals surface area (Å²) in [6.07, 6.45) is 6.10. The molecular formula is C45H43N9O6. The lowest BCUT2D eigenvalue weighted by atomic mass is 9.99. The van der Waals surface area contributed by atoms with Crippen LogP contribution in [-0.4, -0.2) is 83.5 Å². The third kappa shape index (κ3) is 7.13. The molecule has 4 aromatic heterocycles. The number of hydrogen-bond donors (Lipinski definition) is 2. The monoisotopic (exact) mass is 805 g/mol. The van der Waals surface area contributed by atoms with Crippen LogP contribution in [-0.2, 0) is 39.3 Å². The first kappa shape index (κ1) is 38.6. The van der Waals surface area contributed by atoms with Gasteiger partial charge in [0.25, 0.3) is 5.91 Å². The fraction of sp³-hybridized carbons (Fsp3) is 0.333. The predicted molar refractivity (Wildman–Crippen MR) is 223 cm³/mol. The first-order valence-corrected chi connectivity index (χ1v) is 20.2. The largest absolute Gasteiger partial charge is 0.381 e. The number of para-hydroxylation sites is 1. The van der Waals surface area contributed by atoms with E-state index in [4.69, 9.17) is 14.7 Å². The number of carbonyl (C=O) groups is 4. The summed E-state index contributed by atoms with van der Waals surface area (Å²) in [5.41, 5.74) is 6.04. The Kier molecular flexibility index (Phi) is 10.3. The lowest BCUT2D eigenvalue weighted by Crippen LogP contribution is -2.44. The van der Waals surface area contributed by atoms with Crippen LogP contribution < -0.4 is 16.3 Å². The molecule has 2 aromatic carbocycles. The summed E-state index contributed by atoms with van der Waals surface area (Å²) in [7, 11) is 1.63. The molecule has 1 atom stereocenters. The lowest BCUT2D eigenvalue weighted by molar-refractivity contribution is -0.135. The summed E-state index contributed by atoms with van der Waals surface area (Å²) >= 11 is 0. The average Bonchev–Trinajstić information content (AvgIpc) is 3.77. The summed E-state index contributed by atoms with van der Waals surface area (Å²) in [4.78, 5) is 79.4. The van der Waals surface area contributed by atoms with Crippen LogP contribution in [0.1, 0.15) is 78.6 Å². The maximum atomic E-state index is 13.2. The highest BCUT2D eigenvalue weighted by Gasteiger charge is 2.33. The highest BCUT2D eigenvalue weighted by molar-refractivity contribution is 6.00. The van der Waals surface area contributed by atoms with Gasteiger partial charge in [-0.05, 0) is 55.0 Å². The number of aromatic nitrogens is 6. The molecule has 0 radical (unpaired) electrons. The molecule has 2 fully saturated rings. The molecular weight excluding hydrogens is 763 g/mol. The number of amides is 4. The summed E-state index contributed by atoms with van der Waals surface area (Å²) in [5.74, 6) is 6.44. The molecule has 304 valence electrons. The van der Waals surface area contributed by atoms with Gasteiger partial charge in [-0.2, -0.15) is 0 Å². The van der Waals surface area contributed by atoms with Crippen LogP contribution in [0.25, 0.3) is 44.3 Å². The lowest BCUT2D eigenvalue weighted by Gasteiger charge is -2.30.